The number of nitrogens with zero attached hydrogens (tertiary/aromatic N) is 2. The van der Waals surface area contributed by atoms with Crippen LogP contribution in [0.25, 0.3) is 0 Å². The summed E-state index contributed by atoms with van der Waals surface area (Å²) in [5.41, 5.74) is 1.26. The molecular formula is C16H18B2N2O6. The molecule has 0 bridgehead atoms. The van der Waals surface area contributed by atoms with Gasteiger partial charge in [-0.3, -0.25) is 14.3 Å². The predicted octanol–water partition coefficient (Wildman–Crippen LogP) is -0.790. The zero-order chi connectivity index (χ0) is 18.8. The van der Waals surface area contributed by atoms with Gasteiger partial charge in [0.25, 0.3) is 0 Å². The summed E-state index contributed by atoms with van der Waals surface area (Å²) < 4.78 is 6.83. The molecule has 1 aromatic carbocycles. The Morgan fingerprint density at radius 3 is 2.81 bits per heavy atom. The maximum Gasteiger partial charge on any atom is 0.526 e. The summed E-state index contributed by atoms with van der Waals surface area (Å²) in [5.74, 6) is -0.379. The largest absolute Gasteiger partial charge is 0.535 e. The molecule has 3 rings (SSSR count). The minimum Gasteiger partial charge on any atom is -0.535 e. The van der Waals surface area contributed by atoms with Gasteiger partial charge in [-0.15, -0.1) is 0 Å². The molecule has 2 heterocycles. The Kier molecular flexibility index (Phi) is 5.26. The van der Waals surface area contributed by atoms with Gasteiger partial charge in [-0.2, -0.15) is 5.10 Å². The number of rotatable bonds is 6. The molecule has 8 nitrogen and oxygen atoms in total. The summed E-state index contributed by atoms with van der Waals surface area (Å²) in [7, 11) is -2.87. The molecule has 0 amide bonds. The molecule has 1 aromatic heterocycles. The number of ketones is 2. The van der Waals surface area contributed by atoms with Crippen molar-refractivity contribution in [2.75, 3.05) is 0 Å². The number of carbonyl (C=O) groups excluding carboxylic acids is 2. The zero-order valence-corrected chi connectivity index (χ0v) is 14.2. The van der Waals surface area contributed by atoms with Gasteiger partial charge >= 0.3 is 14.2 Å². The van der Waals surface area contributed by atoms with Crippen LogP contribution in [0.4, 0.5) is 0 Å². The number of aromatic nitrogens is 2. The summed E-state index contributed by atoms with van der Waals surface area (Å²) in [6.45, 7) is 1.39. The second kappa shape index (κ2) is 7.45. The van der Waals surface area contributed by atoms with E-state index in [1.807, 2.05) is 6.07 Å². The maximum absolute atomic E-state index is 12.3. The Bertz CT molecular complexity index is 838. The fourth-order valence-electron chi connectivity index (χ4n) is 3.08. The van der Waals surface area contributed by atoms with Gasteiger partial charge in [0, 0.05) is 18.4 Å². The molecule has 0 fully saturated rings. The molecule has 2 aromatic rings. The van der Waals surface area contributed by atoms with Crippen LogP contribution in [0.1, 0.15) is 29.3 Å². The van der Waals surface area contributed by atoms with E-state index in [2.05, 4.69) is 5.10 Å². The summed E-state index contributed by atoms with van der Waals surface area (Å²) in [6.07, 6.45) is 1.97. The summed E-state index contributed by atoms with van der Waals surface area (Å²) >= 11 is 0. The maximum atomic E-state index is 12.3. The zero-order valence-electron chi connectivity index (χ0n) is 14.2. The number of benzene rings is 1. The number of carbonyl (C=O) groups is 2. The van der Waals surface area contributed by atoms with E-state index in [4.69, 9.17) is 14.7 Å². The van der Waals surface area contributed by atoms with Crippen molar-refractivity contribution in [1.82, 2.24) is 9.78 Å². The highest BCUT2D eigenvalue weighted by Gasteiger charge is 2.37. The van der Waals surface area contributed by atoms with Crippen molar-refractivity contribution in [3.8, 4) is 5.75 Å². The van der Waals surface area contributed by atoms with Crippen molar-refractivity contribution in [1.29, 1.82) is 0 Å². The first-order valence-electron chi connectivity index (χ1n) is 8.24. The quantitative estimate of drug-likeness (QED) is 0.458. The lowest BCUT2D eigenvalue weighted by molar-refractivity contribution is -0.120. The van der Waals surface area contributed by atoms with Crippen LogP contribution in [0.2, 0.25) is 5.82 Å². The lowest BCUT2D eigenvalue weighted by atomic mass is 9.64. The monoisotopic (exact) mass is 356 g/mol. The smallest absolute Gasteiger partial charge is 0.526 e. The van der Waals surface area contributed by atoms with Crippen molar-refractivity contribution >= 4 is 31.4 Å². The minimum atomic E-state index is -1.69. The summed E-state index contributed by atoms with van der Waals surface area (Å²) in [5, 5.41) is 32.2. The normalized spacial score (nSPS) is 16.0. The second-order valence-corrected chi connectivity index (χ2v) is 6.38. The van der Waals surface area contributed by atoms with Gasteiger partial charge in [-0.1, -0.05) is 12.1 Å². The average molecular weight is 356 g/mol. The van der Waals surface area contributed by atoms with Crippen LogP contribution >= 0.6 is 0 Å². The van der Waals surface area contributed by atoms with E-state index in [9.17, 15) is 14.6 Å². The molecular weight excluding hydrogens is 338 g/mol. The van der Waals surface area contributed by atoms with E-state index in [1.54, 1.807) is 12.1 Å². The fourth-order valence-corrected chi connectivity index (χ4v) is 3.08. The standard InChI is InChI=1S/C16H18B2N2O6/c1-10(21)14-4-2-3-11-7-12(18(25)26-16(11)14)8-13(22)9-20-6-5-15(19-20)17(23)24/h2-6,12,23-25H,7-9H2,1H3/t12-/m1/s1. The molecule has 1 aliphatic heterocycles. The number of para-hydroxylation sites is 1. The Hall–Kier alpha value is -2.42. The Balaban J connectivity index is 1.67. The van der Waals surface area contributed by atoms with Crippen LogP contribution < -0.4 is 10.2 Å². The van der Waals surface area contributed by atoms with Gasteiger partial charge in [0.1, 0.15) is 5.75 Å². The molecule has 1 atom stereocenters. The third-order valence-corrected chi connectivity index (χ3v) is 4.35. The molecule has 3 N–H and O–H groups in total. The van der Waals surface area contributed by atoms with Gasteiger partial charge in [-0.05, 0) is 31.0 Å². The Morgan fingerprint density at radius 2 is 2.15 bits per heavy atom. The second-order valence-electron chi connectivity index (χ2n) is 6.38. The third-order valence-electron chi connectivity index (χ3n) is 4.35. The van der Waals surface area contributed by atoms with E-state index < -0.39 is 20.1 Å². The molecule has 0 radical (unpaired) electrons. The van der Waals surface area contributed by atoms with Gasteiger partial charge < -0.3 is 19.7 Å². The van der Waals surface area contributed by atoms with E-state index in [1.165, 1.54) is 23.9 Å². The lowest BCUT2D eigenvalue weighted by Crippen LogP contribution is -2.36. The van der Waals surface area contributed by atoms with Crippen molar-refractivity contribution in [3.63, 3.8) is 0 Å². The summed E-state index contributed by atoms with van der Waals surface area (Å²) in [4.78, 5) is 24.0. The van der Waals surface area contributed by atoms with Crippen LogP contribution in [0, 0.1) is 0 Å². The molecule has 26 heavy (non-hydrogen) atoms. The molecule has 1 aliphatic rings. The third kappa shape index (κ3) is 3.87. The van der Waals surface area contributed by atoms with Crippen molar-refractivity contribution in [2.45, 2.75) is 32.1 Å². The van der Waals surface area contributed by atoms with E-state index in [0.29, 0.717) is 17.7 Å². The highest BCUT2D eigenvalue weighted by molar-refractivity contribution is 6.57. The van der Waals surface area contributed by atoms with Gasteiger partial charge in [-0.25, -0.2) is 0 Å². The first kappa shape index (κ1) is 18.4. The average Bonchev–Trinajstić information content (AvgIpc) is 3.03. The first-order chi connectivity index (χ1) is 12.3. The predicted molar refractivity (Wildman–Crippen MR) is 94.2 cm³/mol. The van der Waals surface area contributed by atoms with Gasteiger partial charge in [0.15, 0.2) is 11.6 Å². The molecule has 0 saturated heterocycles. The van der Waals surface area contributed by atoms with Crippen LogP contribution in [0.15, 0.2) is 30.5 Å². The molecule has 0 unspecified atom stereocenters. The number of hydrogen-bond acceptors (Lipinski definition) is 7. The molecule has 10 heteroatoms. The fraction of sp³-hybridized carbons (Fsp3) is 0.312. The highest BCUT2D eigenvalue weighted by atomic mass is 16.5. The molecule has 134 valence electrons. The Morgan fingerprint density at radius 1 is 1.38 bits per heavy atom. The minimum absolute atomic E-state index is 0.0454. The molecule has 0 spiro atoms. The number of hydrogen-bond donors (Lipinski definition) is 3. The highest BCUT2D eigenvalue weighted by Crippen LogP contribution is 2.36. The van der Waals surface area contributed by atoms with Crippen LogP contribution in [-0.4, -0.2) is 50.7 Å². The molecule has 0 aliphatic carbocycles. The number of fused-ring (bicyclic) bond motifs is 1. The van der Waals surface area contributed by atoms with Crippen LogP contribution in [0.5, 0.6) is 5.75 Å². The van der Waals surface area contributed by atoms with E-state index in [-0.39, 0.29) is 30.1 Å². The SMILES string of the molecule is CC(=O)c1cccc2c1OB(O)[C@@H](CC(=O)Cn1ccc(B(O)O)n1)C2. The number of Topliss-reactive ketones (excluding diaryl/α,β-unsaturated/α-hetero) is 2. The van der Waals surface area contributed by atoms with Crippen molar-refractivity contribution < 1.29 is 29.3 Å². The summed E-state index contributed by atoms with van der Waals surface area (Å²) in [6, 6.07) is 6.62. The van der Waals surface area contributed by atoms with Crippen LogP contribution in [-0.2, 0) is 17.8 Å². The van der Waals surface area contributed by atoms with E-state index >= 15 is 0 Å². The Labute approximate surface area is 150 Å². The first-order valence-corrected chi connectivity index (χ1v) is 8.24. The van der Waals surface area contributed by atoms with Crippen molar-refractivity contribution in [3.05, 3.63) is 41.6 Å². The van der Waals surface area contributed by atoms with Crippen molar-refractivity contribution in [2.24, 2.45) is 0 Å². The van der Waals surface area contributed by atoms with Gasteiger partial charge in [0.2, 0.25) is 0 Å². The van der Waals surface area contributed by atoms with Crippen LogP contribution in [0.3, 0.4) is 0 Å². The van der Waals surface area contributed by atoms with E-state index in [0.717, 1.165) is 5.56 Å². The topological polar surface area (TPSA) is 122 Å². The lowest BCUT2D eigenvalue weighted by Gasteiger charge is -2.28. The van der Waals surface area contributed by atoms with Gasteiger partial charge in [0.05, 0.1) is 17.7 Å². The molecule has 0 saturated carbocycles.